The molecule has 3 N–H and O–H groups in total. The molecular formula is C24H27N3O4. The SMILES string of the molecule is COC/C(C=O)=C(/C=C1/c2nc3ccccc3c(/C=C/CCN)c2CN1C)[C@H](O)C=O. The number of para-hydroxylation sites is 1. The van der Waals surface area contributed by atoms with E-state index in [-0.39, 0.29) is 17.8 Å². The number of methoxy groups -OCH3 is 1. The van der Waals surface area contributed by atoms with Crippen LogP contribution in [0, 0.1) is 0 Å². The van der Waals surface area contributed by atoms with Crippen LogP contribution in [-0.2, 0) is 20.9 Å². The quantitative estimate of drug-likeness (QED) is 0.472. The first kappa shape index (κ1) is 22.6. The van der Waals surface area contributed by atoms with E-state index in [0.717, 1.165) is 39.8 Å². The number of benzene rings is 1. The Bertz CT molecular complexity index is 1070. The fourth-order valence-electron chi connectivity index (χ4n) is 3.75. The Morgan fingerprint density at radius 1 is 1.35 bits per heavy atom. The fraction of sp³-hybridized carbons (Fsp3) is 0.292. The van der Waals surface area contributed by atoms with Crippen molar-refractivity contribution in [3.63, 3.8) is 0 Å². The lowest BCUT2D eigenvalue weighted by Gasteiger charge is -2.16. The molecule has 0 spiro atoms. The number of nitrogens with zero attached hydrogens (tertiary/aromatic N) is 2. The number of hydrogen-bond donors (Lipinski definition) is 2. The zero-order valence-corrected chi connectivity index (χ0v) is 17.7. The molecule has 2 aromatic rings. The lowest BCUT2D eigenvalue weighted by molar-refractivity contribution is -0.113. The molecule has 162 valence electrons. The van der Waals surface area contributed by atoms with Crippen LogP contribution in [-0.4, -0.2) is 61.0 Å². The monoisotopic (exact) mass is 421 g/mol. The van der Waals surface area contributed by atoms with Crippen LogP contribution in [0.3, 0.4) is 0 Å². The second kappa shape index (κ2) is 10.3. The lowest BCUT2D eigenvalue weighted by Crippen LogP contribution is -2.17. The van der Waals surface area contributed by atoms with Crippen LogP contribution in [0.5, 0.6) is 0 Å². The maximum absolute atomic E-state index is 11.6. The van der Waals surface area contributed by atoms with Crippen molar-refractivity contribution in [3.8, 4) is 0 Å². The van der Waals surface area contributed by atoms with Gasteiger partial charge in [-0.1, -0.05) is 30.4 Å². The molecule has 0 unspecified atom stereocenters. The van der Waals surface area contributed by atoms with Crippen LogP contribution in [0.2, 0.25) is 0 Å². The molecule has 1 atom stereocenters. The summed E-state index contributed by atoms with van der Waals surface area (Å²) in [6, 6.07) is 7.90. The zero-order chi connectivity index (χ0) is 22.4. The second-order valence-corrected chi connectivity index (χ2v) is 7.35. The van der Waals surface area contributed by atoms with Crippen LogP contribution >= 0.6 is 0 Å². The van der Waals surface area contributed by atoms with Gasteiger partial charge in [-0.15, -0.1) is 0 Å². The average molecular weight is 421 g/mol. The molecule has 7 nitrogen and oxygen atoms in total. The van der Waals surface area contributed by atoms with E-state index in [1.807, 2.05) is 42.3 Å². The van der Waals surface area contributed by atoms with Gasteiger partial charge >= 0.3 is 0 Å². The van der Waals surface area contributed by atoms with E-state index < -0.39 is 6.10 Å². The van der Waals surface area contributed by atoms with E-state index >= 15 is 0 Å². The summed E-state index contributed by atoms with van der Waals surface area (Å²) in [5.74, 6) is 0. The first-order valence-electron chi connectivity index (χ1n) is 10.1. The maximum Gasteiger partial charge on any atom is 0.153 e. The minimum atomic E-state index is -1.44. The summed E-state index contributed by atoms with van der Waals surface area (Å²) in [5.41, 5.74) is 10.5. The van der Waals surface area contributed by atoms with Gasteiger partial charge < -0.3 is 25.3 Å². The van der Waals surface area contributed by atoms with Gasteiger partial charge in [-0.25, -0.2) is 4.98 Å². The molecule has 0 saturated carbocycles. The standard InChI is InChI=1S/C24H27N3O4/c1-27-12-20-17(7-5-6-10-25)18-8-3-4-9-21(18)26-24(20)22(27)11-19(23(30)14-29)16(13-28)15-31-2/h3-5,7-9,11,13-14,23,30H,6,10,12,15,25H2,1-2H3/b7-5+,19-16-,22-11-/t23-/m1/s1. The number of hydrogen-bond acceptors (Lipinski definition) is 7. The summed E-state index contributed by atoms with van der Waals surface area (Å²) < 4.78 is 5.07. The number of aromatic nitrogens is 1. The summed E-state index contributed by atoms with van der Waals surface area (Å²) in [7, 11) is 3.36. The highest BCUT2D eigenvalue weighted by molar-refractivity contribution is 5.93. The summed E-state index contributed by atoms with van der Waals surface area (Å²) in [6.07, 6.45) is 6.11. The van der Waals surface area contributed by atoms with Gasteiger partial charge in [0.05, 0.1) is 23.5 Å². The van der Waals surface area contributed by atoms with Gasteiger partial charge in [-0.2, -0.15) is 0 Å². The first-order chi connectivity index (χ1) is 15.0. The first-order valence-corrected chi connectivity index (χ1v) is 10.1. The Labute approximate surface area is 181 Å². The maximum atomic E-state index is 11.6. The Hall–Kier alpha value is -3.13. The predicted octanol–water partition coefficient (Wildman–Crippen LogP) is 2.08. The van der Waals surface area contributed by atoms with E-state index in [1.54, 1.807) is 6.08 Å². The van der Waals surface area contributed by atoms with Gasteiger partial charge in [0.15, 0.2) is 6.29 Å². The molecule has 1 aromatic heterocycles. The number of rotatable bonds is 9. The highest BCUT2D eigenvalue weighted by Crippen LogP contribution is 2.37. The Morgan fingerprint density at radius 3 is 2.81 bits per heavy atom. The summed E-state index contributed by atoms with van der Waals surface area (Å²) in [4.78, 5) is 29.8. The highest BCUT2D eigenvalue weighted by atomic mass is 16.5. The minimum absolute atomic E-state index is 0.0116. The molecule has 2 heterocycles. The molecule has 1 aliphatic heterocycles. The summed E-state index contributed by atoms with van der Waals surface area (Å²) in [6.45, 7) is 1.16. The molecule has 0 saturated heterocycles. The van der Waals surface area contributed by atoms with Crippen molar-refractivity contribution in [1.29, 1.82) is 0 Å². The number of carbonyl (C=O) groups is 2. The van der Waals surface area contributed by atoms with E-state index in [0.29, 0.717) is 25.7 Å². The number of aldehydes is 2. The number of nitrogens with two attached hydrogens (primary N) is 1. The molecule has 1 aliphatic rings. The molecule has 3 rings (SSSR count). The van der Waals surface area contributed by atoms with E-state index in [9.17, 15) is 14.7 Å². The number of pyridine rings is 1. The van der Waals surface area contributed by atoms with Crippen molar-refractivity contribution in [3.05, 3.63) is 64.4 Å². The van der Waals surface area contributed by atoms with E-state index in [4.69, 9.17) is 15.5 Å². The van der Waals surface area contributed by atoms with Gasteiger partial charge in [0, 0.05) is 37.2 Å². The van der Waals surface area contributed by atoms with E-state index in [1.165, 1.54) is 7.11 Å². The molecular weight excluding hydrogens is 394 g/mol. The van der Waals surface area contributed by atoms with Gasteiger partial charge in [-0.05, 0) is 36.2 Å². The summed E-state index contributed by atoms with van der Waals surface area (Å²) >= 11 is 0. The molecule has 31 heavy (non-hydrogen) atoms. The zero-order valence-electron chi connectivity index (χ0n) is 17.7. The molecule has 0 fully saturated rings. The number of aliphatic hydroxyl groups excluding tert-OH is 1. The number of carbonyl (C=O) groups excluding carboxylic acids is 2. The normalized spacial score (nSPS) is 16.6. The Morgan fingerprint density at radius 2 is 2.13 bits per heavy atom. The lowest BCUT2D eigenvalue weighted by atomic mass is 9.98. The van der Waals surface area contributed by atoms with E-state index in [2.05, 4.69) is 6.08 Å². The molecule has 0 aliphatic carbocycles. The topological polar surface area (TPSA) is 106 Å². The molecule has 0 radical (unpaired) electrons. The van der Waals surface area contributed by atoms with Crippen molar-refractivity contribution >= 4 is 35.2 Å². The minimum Gasteiger partial charge on any atom is -0.381 e. The van der Waals surface area contributed by atoms with Gasteiger partial charge in [0.2, 0.25) is 0 Å². The van der Waals surface area contributed by atoms with Crippen molar-refractivity contribution in [2.45, 2.75) is 19.1 Å². The third-order valence-corrected chi connectivity index (χ3v) is 5.26. The van der Waals surface area contributed by atoms with Crippen LogP contribution in [0.25, 0.3) is 22.7 Å². The smallest absolute Gasteiger partial charge is 0.153 e. The number of fused-ring (bicyclic) bond motifs is 2. The Balaban J connectivity index is 2.25. The fourth-order valence-corrected chi connectivity index (χ4v) is 3.75. The average Bonchev–Trinajstić information content (AvgIpc) is 3.09. The van der Waals surface area contributed by atoms with Gasteiger partial charge in [0.1, 0.15) is 12.4 Å². The van der Waals surface area contributed by atoms with Crippen LogP contribution < -0.4 is 5.73 Å². The van der Waals surface area contributed by atoms with Gasteiger partial charge in [-0.3, -0.25) is 4.79 Å². The molecule has 0 amide bonds. The molecule has 7 heteroatoms. The van der Waals surface area contributed by atoms with Crippen molar-refractivity contribution in [1.82, 2.24) is 9.88 Å². The van der Waals surface area contributed by atoms with Crippen LogP contribution in [0.4, 0.5) is 0 Å². The van der Waals surface area contributed by atoms with Crippen molar-refractivity contribution < 1.29 is 19.4 Å². The number of aliphatic hydroxyl groups is 1. The largest absolute Gasteiger partial charge is 0.381 e. The summed E-state index contributed by atoms with van der Waals surface area (Å²) in [5, 5.41) is 11.3. The van der Waals surface area contributed by atoms with Gasteiger partial charge in [0.25, 0.3) is 0 Å². The van der Waals surface area contributed by atoms with Crippen molar-refractivity contribution in [2.24, 2.45) is 5.73 Å². The highest BCUT2D eigenvalue weighted by Gasteiger charge is 2.28. The molecule has 0 bridgehead atoms. The third-order valence-electron chi connectivity index (χ3n) is 5.26. The number of ether oxygens (including phenoxy) is 1. The third kappa shape index (κ3) is 4.64. The second-order valence-electron chi connectivity index (χ2n) is 7.35. The Kier molecular flexibility index (Phi) is 7.46. The van der Waals surface area contributed by atoms with Crippen molar-refractivity contribution in [2.75, 3.05) is 27.3 Å². The predicted molar refractivity (Wildman–Crippen MR) is 121 cm³/mol. The molecule has 1 aromatic carbocycles. The van der Waals surface area contributed by atoms with Crippen LogP contribution in [0.15, 0.2) is 47.6 Å². The van der Waals surface area contributed by atoms with Crippen LogP contribution in [0.1, 0.15) is 23.2 Å².